The molecule has 0 aromatic heterocycles. The van der Waals surface area contributed by atoms with E-state index in [0.717, 1.165) is 12.8 Å². The van der Waals surface area contributed by atoms with Crippen LogP contribution in [-0.4, -0.2) is 11.9 Å². The molecule has 2 rings (SSSR count). The van der Waals surface area contributed by atoms with E-state index in [0.29, 0.717) is 16.7 Å². The van der Waals surface area contributed by atoms with Gasteiger partial charge < -0.3 is 5.32 Å². The third-order valence-corrected chi connectivity index (χ3v) is 4.50. The van der Waals surface area contributed by atoms with Gasteiger partial charge in [0.05, 0.1) is 5.56 Å². The highest BCUT2D eigenvalue weighted by atomic mass is 32.1. The van der Waals surface area contributed by atoms with E-state index in [1.165, 1.54) is 18.6 Å². The van der Waals surface area contributed by atoms with E-state index < -0.39 is 5.82 Å². The highest BCUT2D eigenvalue weighted by molar-refractivity contribution is 7.80. The minimum atomic E-state index is -0.494. The van der Waals surface area contributed by atoms with Crippen molar-refractivity contribution in [3.63, 3.8) is 0 Å². The average Bonchev–Trinajstić information content (AvgIpc) is 2.38. The van der Waals surface area contributed by atoms with Crippen LogP contribution in [0.3, 0.4) is 0 Å². The van der Waals surface area contributed by atoms with Gasteiger partial charge in [0, 0.05) is 10.9 Å². The van der Waals surface area contributed by atoms with Crippen LogP contribution in [-0.2, 0) is 0 Å². The standard InChI is InChI=1S/C15H20FNOS/c1-9-4-3-5-14(10(9)2)17-15(18)12-8-11(19)6-7-13(12)16/h6-10,14,19H,3-5H2,1-2H3,(H,17,18). The van der Waals surface area contributed by atoms with Gasteiger partial charge in [0.2, 0.25) is 0 Å². The van der Waals surface area contributed by atoms with E-state index in [9.17, 15) is 9.18 Å². The van der Waals surface area contributed by atoms with Crippen molar-refractivity contribution in [1.82, 2.24) is 5.32 Å². The minimum absolute atomic E-state index is 0.0814. The summed E-state index contributed by atoms with van der Waals surface area (Å²) in [6.45, 7) is 4.36. The SMILES string of the molecule is CC1CCCC(NC(=O)c2cc(S)ccc2F)C1C. The summed E-state index contributed by atoms with van der Waals surface area (Å²) in [6.07, 6.45) is 3.29. The first kappa shape index (κ1) is 14.4. The van der Waals surface area contributed by atoms with Crippen molar-refractivity contribution in [2.45, 2.75) is 44.0 Å². The van der Waals surface area contributed by atoms with Crippen molar-refractivity contribution >= 4 is 18.5 Å². The Morgan fingerprint density at radius 3 is 2.84 bits per heavy atom. The van der Waals surface area contributed by atoms with Crippen molar-refractivity contribution in [3.8, 4) is 0 Å². The van der Waals surface area contributed by atoms with Crippen molar-refractivity contribution < 1.29 is 9.18 Å². The maximum Gasteiger partial charge on any atom is 0.254 e. The molecule has 2 nitrogen and oxygen atoms in total. The van der Waals surface area contributed by atoms with Crippen LogP contribution < -0.4 is 5.32 Å². The van der Waals surface area contributed by atoms with E-state index in [1.807, 2.05) is 0 Å². The highest BCUT2D eigenvalue weighted by Gasteiger charge is 2.28. The maximum absolute atomic E-state index is 13.7. The van der Waals surface area contributed by atoms with E-state index in [4.69, 9.17) is 0 Å². The molecule has 3 unspecified atom stereocenters. The largest absolute Gasteiger partial charge is 0.349 e. The lowest BCUT2D eigenvalue weighted by atomic mass is 9.78. The molecule has 0 radical (unpaired) electrons. The van der Waals surface area contributed by atoms with Gasteiger partial charge in [-0.1, -0.05) is 26.7 Å². The predicted octanol–water partition coefficient (Wildman–Crippen LogP) is 3.67. The second-order valence-corrected chi connectivity index (χ2v) is 6.03. The van der Waals surface area contributed by atoms with Crippen LogP contribution >= 0.6 is 12.6 Å². The smallest absolute Gasteiger partial charge is 0.254 e. The molecule has 1 aliphatic rings. The summed E-state index contributed by atoms with van der Waals surface area (Å²) >= 11 is 4.15. The molecule has 1 aromatic carbocycles. The number of carbonyl (C=O) groups is 1. The Morgan fingerprint density at radius 2 is 2.11 bits per heavy atom. The molecule has 1 aliphatic carbocycles. The number of benzene rings is 1. The lowest BCUT2D eigenvalue weighted by Gasteiger charge is -2.34. The minimum Gasteiger partial charge on any atom is -0.349 e. The molecular formula is C15H20FNOS. The predicted molar refractivity (Wildman–Crippen MR) is 77.1 cm³/mol. The summed E-state index contributed by atoms with van der Waals surface area (Å²) in [5.41, 5.74) is 0.0814. The van der Waals surface area contributed by atoms with E-state index in [-0.39, 0.29) is 17.5 Å². The van der Waals surface area contributed by atoms with Gasteiger partial charge in [0.25, 0.3) is 5.91 Å². The van der Waals surface area contributed by atoms with Gasteiger partial charge in [0.15, 0.2) is 0 Å². The van der Waals surface area contributed by atoms with E-state index in [2.05, 4.69) is 31.8 Å². The highest BCUT2D eigenvalue weighted by Crippen LogP contribution is 2.29. The molecule has 0 heterocycles. The molecule has 1 N–H and O–H groups in total. The van der Waals surface area contributed by atoms with E-state index in [1.54, 1.807) is 6.07 Å². The third kappa shape index (κ3) is 3.30. The molecule has 3 atom stereocenters. The van der Waals surface area contributed by atoms with Crippen LogP contribution in [0.25, 0.3) is 0 Å². The Labute approximate surface area is 119 Å². The summed E-state index contributed by atoms with van der Waals surface area (Å²) in [5, 5.41) is 2.97. The van der Waals surface area contributed by atoms with Gasteiger partial charge in [-0.3, -0.25) is 4.79 Å². The number of amides is 1. The maximum atomic E-state index is 13.7. The second kappa shape index (κ2) is 5.95. The fourth-order valence-corrected chi connectivity index (χ4v) is 2.92. The Kier molecular flexibility index (Phi) is 4.50. The topological polar surface area (TPSA) is 29.1 Å². The lowest BCUT2D eigenvalue weighted by Crippen LogP contribution is -2.43. The molecule has 0 spiro atoms. The molecule has 1 fully saturated rings. The number of carbonyl (C=O) groups excluding carboxylic acids is 1. The number of halogens is 1. The number of hydrogen-bond acceptors (Lipinski definition) is 2. The van der Waals surface area contributed by atoms with Crippen LogP contribution in [0.1, 0.15) is 43.5 Å². The molecule has 1 amide bonds. The monoisotopic (exact) mass is 281 g/mol. The fraction of sp³-hybridized carbons (Fsp3) is 0.533. The number of nitrogens with one attached hydrogen (secondary N) is 1. The zero-order valence-corrected chi connectivity index (χ0v) is 12.2. The summed E-state index contributed by atoms with van der Waals surface area (Å²) in [7, 11) is 0. The molecule has 1 saturated carbocycles. The lowest BCUT2D eigenvalue weighted by molar-refractivity contribution is 0.0886. The first-order valence-electron chi connectivity index (χ1n) is 6.78. The first-order valence-corrected chi connectivity index (χ1v) is 7.23. The summed E-state index contributed by atoms with van der Waals surface area (Å²) in [5.74, 6) is 0.200. The van der Waals surface area contributed by atoms with Gasteiger partial charge in [0.1, 0.15) is 5.82 Å². The number of rotatable bonds is 2. The Morgan fingerprint density at radius 1 is 1.37 bits per heavy atom. The average molecular weight is 281 g/mol. The second-order valence-electron chi connectivity index (χ2n) is 5.51. The summed E-state index contributed by atoms with van der Waals surface area (Å²) < 4.78 is 13.7. The van der Waals surface area contributed by atoms with Crippen molar-refractivity contribution in [1.29, 1.82) is 0 Å². The fourth-order valence-electron chi connectivity index (χ4n) is 2.72. The zero-order chi connectivity index (χ0) is 14.0. The first-order chi connectivity index (χ1) is 8.99. The zero-order valence-electron chi connectivity index (χ0n) is 11.3. The normalized spacial score (nSPS) is 27.1. The quantitative estimate of drug-likeness (QED) is 0.796. The molecule has 1 aromatic rings. The van der Waals surface area contributed by atoms with Gasteiger partial charge >= 0.3 is 0 Å². The summed E-state index contributed by atoms with van der Waals surface area (Å²) in [6, 6.07) is 4.44. The Balaban J connectivity index is 2.10. The van der Waals surface area contributed by atoms with Gasteiger partial charge in [-0.25, -0.2) is 4.39 Å². The van der Waals surface area contributed by atoms with Crippen LogP contribution in [0.2, 0.25) is 0 Å². The molecule has 0 aliphatic heterocycles. The van der Waals surface area contributed by atoms with Crippen LogP contribution in [0, 0.1) is 17.7 Å². The van der Waals surface area contributed by atoms with Crippen LogP contribution in [0.15, 0.2) is 23.1 Å². The van der Waals surface area contributed by atoms with Gasteiger partial charge in [-0.05, 0) is 36.5 Å². The van der Waals surface area contributed by atoms with Crippen LogP contribution in [0.4, 0.5) is 4.39 Å². The molecule has 4 heteroatoms. The molecule has 0 saturated heterocycles. The molecule has 104 valence electrons. The van der Waals surface area contributed by atoms with Gasteiger partial charge in [-0.2, -0.15) is 0 Å². The van der Waals surface area contributed by atoms with Crippen LogP contribution in [0.5, 0.6) is 0 Å². The van der Waals surface area contributed by atoms with Gasteiger partial charge in [-0.15, -0.1) is 12.6 Å². The third-order valence-electron chi connectivity index (χ3n) is 4.22. The van der Waals surface area contributed by atoms with Crippen molar-refractivity contribution in [2.24, 2.45) is 11.8 Å². The summed E-state index contributed by atoms with van der Waals surface area (Å²) in [4.78, 5) is 12.7. The Hall–Kier alpha value is -1.03. The Bertz CT molecular complexity index is 477. The van der Waals surface area contributed by atoms with E-state index >= 15 is 0 Å². The van der Waals surface area contributed by atoms with Crippen molar-refractivity contribution in [2.75, 3.05) is 0 Å². The van der Waals surface area contributed by atoms with Crippen molar-refractivity contribution in [3.05, 3.63) is 29.6 Å². The molecular weight excluding hydrogens is 261 g/mol. The molecule has 0 bridgehead atoms. The number of thiol groups is 1. The number of hydrogen-bond donors (Lipinski definition) is 2. The molecule has 19 heavy (non-hydrogen) atoms.